The van der Waals surface area contributed by atoms with Gasteiger partial charge in [0, 0.05) is 29.4 Å². The highest BCUT2D eigenvalue weighted by Gasteiger charge is 2.07. The third kappa shape index (κ3) is 2.06. The van der Waals surface area contributed by atoms with Crippen LogP contribution in [0.1, 0.15) is 0 Å². The van der Waals surface area contributed by atoms with Crippen LogP contribution in [-0.2, 0) is 0 Å². The van der Waals surface area contributed by atoms with Crippen molar-refractivity contribution in [2.24, 2.45) is 5.16 Å². The number of rotatable bonds is 1. The zero-order valence-corrected chi connectivity index (χ0v) is 9.75. The molecule has 94 valence electrons. The van der Waals surface area contributed by atoms with Crippen molar-refractivity contribution >= 4 is 11.0 Å². The van der Waals surface area contributed by atoms with Crippen molar-refractivity contribution in [2.45, 2.75) is 0 Å². The van der Waals surface area contributed by atoms with Crippen LogP contribution >= 0.6 is 0 Å². The fourth-order valence-electron chi connectivity index (χ4n) is 1.87. The standard InChI is InChI=1S/C14H9FN2O2/c15-10-3-4-13-11(6-10)12(17-18)7-14(19-13)9-2-1-5-16-8-9/h1-8,18H/b17-12-. The first-order valence-electron chi connectivity index (χ1n) is 5.60. The Morgan fingerprint density at radius 2 is 2.11 bits per heavy atom. The molecular weight excluding hydrogens is 247 g/mol. The smallest absolute Gasteiger partial charge is 0.138 e. The van der Waals surface area contributed by atoms with E-state index in [1.54, 1.807) is 24.5 Å². The molecule has 0 saturated carbocycles. The summed E-state index contributed by atoms with van der Waals surface area (Å²) in [6.45, 7) is 0. The molecule has 0 aliphatic heterocycles. The van der Waals surface area contributed by atoms with Crippen LogP contribution in [0.5, 0.6) is 0 Å². The quantitative estimate of drug-likeness (QED) is 0.538. The van der Waals surface area contributed by atoms with Crippen LogP contribution in [0.25, 0.3) is 22.3 Å². The maximum Gasteiger partial charge on any atom is 0.138 e. The molecule has 1 aromatic carbocycles. The van der Waals surface area contributed by atoms with Crippen LogP contribution in [0.4, 0.5) is 4.39 Å². The molecule has 0 unspecified atom stereocenters. The molecule has 0 atom stereocenters. The predicted octanol–water partition coefficient (Wildman–Crippen LogP) is 2.92. The highest BCUT2D eigenvalue weighted by molar-refractivity contribution is 5.78. The van der Waals surface area contributed by atoms with E-state index < -0.39 is 5.82 Å². The van der Waals surface area contributed by atoms with E-state index in [1.807, 2.05) is 6.07 Å². The first-order chi connectivity index (χ1) is 9.28. The highest BCUT2D eigenvalue weighted by Crippen LogP contribution is 2.21. The second-order valence-electron chi connectivity index (χ2n) is 3.98. The van der Waals surface area contributed by atoms with E-state index in [2.05, 4.69) is 10.1 Å². The predicted molar refractivity (Wildman–Crippen MR) is 66.8 cm³/mol. The molecule has 0 bridgehead atoms. The Hall–Kier alpha value is -2.69. The SMILES string of the molecule is O/N=c1/cc(-c2cccnc2)oc2ccc(F)cc12. The first-order valence-corrected chi connectivity index (χ1v) is 5.60. The van der Waals surface area contributed by atoms with E-state index in [4.69, 9.17) is 9.62 Å². The number of halogens is 1. The molecule has 5 heteroatoms. The van der Waals surface area contributed by atoms with Crippen molar-refractivity contribution in [2.75, 3.05) is 0 Å². The molecular formula is C14H9FN2O2. The summed E-state index contributed by atoms with van der Waals surface area (Å²) < 4.78 is 18.9. The molecule has 0 spiro atoms. The van der Waals surface area contributed by atoms with E-state index in [9.17, 15) is 4.39 Å². The Balaban J connectivity index is 2.33. The van der Waals surface area contributed by atoms with Crippen LogP contribution in [0.15, 0.2) is 58.4 Å². The zero-order chi connectivity index (χ0) is 13.2. The highest BCUT2D eigenvalue weighted by atomic mass is 19.1. The molecule has 2 heterocycles. The van der Waals surface area contributed by atoms with Gasteiger partial charge in [-0.3, -0.25) is 4.98 Å². The van der Waals surface area contributed by atoms with Crippen molar-refractivity contribution in [3.05, 3.63) is 60.0 Å². The summed E-state index contributed by atoms with van der Waals surface area (Å²) in [5, 5.41) is 12.9. The summed E-state index contributed by atoms with van der Waals surface area (Å²) in [4.78, 5) is 4.00. The van der Waals surface area contributed by atoms with Gasteiger partial charge in [-0.1, -0.05) is 5.16 Å². The summed E-state index contributed by atoms with van der Waals surface area (Å²) >= 11 is 0. The van der Waals surface area contributed by atoms with Gasteiger partial charge in [-0.25, -0.2) is 4.39 Å². The lowest BCUT2D eigenvalue weighted by Crippen LogP contribution is -2.03. The van der Waals surface area contributed by atoms with Crippen LogP contribution < -0.4 is 5.36 Å². The molecule has 4 nitrogen and oxygen atoms in total. The van der Waals surface area contributed by atoms with Crippen LogP contribution in [-0.4, -0.2) is 10.2 Å². The topological polar surface area (TPSA) is 58.6 Å². The first kappa shape index (κ1) is 11.4. The number of pyridine rings is 1. The molecule has 0 radical (unpaired) electrons. The van der Waals surface area contributed by atoms with Gasteiger partial charge in [-0.15, -0.1) is 0 Å². The lowest BCUT2D eigenvalue weighted by atomic mass is 10.1. The third-order valence-electron chi connectivity index (χ3n) is 2.76. The largest absolute Gasteiger partial charge is 0.456 e. The minimum absolute atomic E-state index is 0.250. The van der Waals surface area contributed by atoms with Crippen molar-refractivity contribution < 1.29 is 14.0 Å². The monoisotopic (exact) mass is 256 g/mol. The van der Waals surface area contributed by atoms with Gasteiger partial charge in [-0.05, 0) is 30.3 Å². The maximum atomic E-state index is 13.2. The van der Waals surface area contributed by atoms with Crippen LogP contribution in [0.3, 0.4) is 0 Å². The van der Waals surface area contributed by atoms with E-state index in [1.165, 1.54) is 18.2 Å². The minimum Gasteiger partial charge on any atom is -0.456 e. The van der Waals surface area contributed by atoms with Gasteiger partial charge < -0.3 is 9.62 Å². The van der Waals surface area contributed by atoms with Gasteiger partial charge in [0.05, 0.1) is 0 Å². The number of hydrogen-bond donors (Lipinski definition) is 1. The second kappa shape index (κ2) is 4.53. The molecule has 3 rings (SSSR count). The van der Waals surface area contributed by atoms with Crippen LogP contribution in [0.2, 0.25) is 0 Å². The molecule has 0 saturated heterocycles. The maximum absolute atomic E-state index is 13.2. The van der Waals surface area contributed by atoms with Crippen LogP contribution in [0, 0.1) is 5.82 Å². The molecule has 1 N–H and O–H groups in total. The van der Waals surface area contributed by atoms with Gasteiger partial charge in [0.15, 0.2) is 0 Å². The lowest BCUT2D eigenvalue weighted by Gasteiger charge is -2.03. The Kier molecular flexibility index (Phi) is 2.72. The summed E-state index contributed by atoms with van der Waals surface area (Å²) in [6.07, 6.45) is 3.28. The Bertz CT molecular complexity index is 797. The van der Waals surface area contributed by atoms with E-state index >= 15 is 0 Å². The van der Waals surface area contributed by atoms with Gasteiger partial charge in [0.2, 0.25) is 0 Å². The van der Waals surface area contributed by atoms with Gasteiger partial charge in [0.25, 0.3) is 0 Å². The fraction of sp³-hybridized carbons (Fsp3) is 0. The number of fused-ring (bicyclic) bond motifs is 1. The number of nitrogens with zero attached hydrogens (tertiary/aromatic N) is 2. The second-order valence-corrected chi connectivity index (χ2v) is 3.98. The fourth-order valence-corrected chi connectivity index (χ4v) is 1.87. The van der Waals surface area contributed by atoms with Crippen molar-refractivity contribution in [1.29, 1.82) is 0 Å². The zero-order valence-electron chi connectivity index (χ0n) is 9.75. The Labute approximate surface area is 107 Å². The van der Waals surface area contributed by atoms with Crippen molar-refractivity contribution in [3.8, 4) is 11.3 Å². The average molecular weight is 256 g/mol. The summed E-state index contributed by atoms with van der Waals surface area (Å²) in [7, 11) is 0. The van der Waals surface area contributed by atoms with E-state index in [-0.39, 0.29) is 5.36 Å². The van der Waals surface area contributed by atoms with E-state index in [0.717, 1.165) is 5.56 Å². The third-order valence-corrected chi connectivity index (χ3v) is 2.76. The summed E-state index contributed by atoms with van der Waals surface area (Å²) in [5.41, 5.74) is 1.19. The molecule has 3 aromatic rings. The molecule has 0 aliphatic carbocycles. The van der Waals surface area contributed by atoms with Crippen molar-refractivity contribution in [1.82, 2.24) is 4.98 Å². The minimum atomic E-state index is -0.415. The van der Waals surface area contributed by atoms with E-state index in [0.29, 0.717) is 16.7 Å². The van der Waals surface area contributed by atoms with Gasteiger partial charge >= 0.3 is 0 Å². The molecule has 19 heavy (non-hydrogen) atoms. The molecule has 0 amide bonds. The molecule has 0 fully saturated rings. The summed E-state index contributed by atoms with van der Waals surface area (Å²) in [6, 6.07) is 9.19. The molecule has 0 aliphatic rings. The summed E-state index contributed by atoms with van der Waals surface area (Å²) in [5.74, 6) is 0.0849. The number of benzene rings is 1. The molecule has 2 aromatic heterocycles. The number of hydrogen-bond acceptors (Lipinski definition) is 4. The normalized spacial score (nSPS) is 11.9. The average Bonchev–Trinajstić information content (AvgIpc) is 2.47. The Morgan fingerprint density at radius 1 is 1.21 bits per heavy atom. The Morgan fingerprint density at radius 3 is 2.84 bits per heavy atom. The van der Waals surface area contributed by atoms with Gasteiger partial charge in [0.1, 0.15) is 22.5 Å². The van der Waals surface area contributed by atoms with Crippen molar-refractivity contribution in [3.63, 3.8) is 0 Å². The number of aromatic nitrogens is 1. The van der Waals surface area contributed by atoms with Gasteiger partial charge in [-0.2, -0.15) is 0 Å². The lowest BCUT2D eigenvalue weighted by molar-refractivity contribution is 0.302.